The SMILES string of the molecule is CNc1ncc(Br)c(Sc2ccc(C(C)(C)C)cc2)n1. The third-order valence-electron chi connectivity index (χ3n) is 2.87. The second-order valence-electron chi connectivity index (χ2n) is 5.47. The molecule has 0 atom stereocenters. The third-order valence-corrected chi connectivity index (χ3v) is 4.73. The quantitative estimate of drug-likeness (QED) is 0.811. The van der Waals surface area contributed by atoms with E-state index in [0.717, 1.165) is 9.50 Å². The van der Waals surface area contributed by atoms with Crippen molar-refractivity contribution in [3.63, 3.8) is 0 Å². The molecule has 0 saturated carbocycles. The Morgan fingerprint density at radius 2 is 1.80 bits per heavy atom. The number of hydrogen-bond acceptors (Lipinski definition) is 4. The summed E-state index contributed by atoms with van der Waals surface area (Å²) in [6.45, 7) is 6.65. The fourth-order valence-corrected chi connectivity index (χ4v) is 2.89. The summed E-state index contributed by atoms with van der Waals surface area (Å²) in [5.41, 5.74) is 1.51. The largest absolute Gasteiger partial charge is 0.357 e. The molecular formula is C15H18BrN3S. The molecule has 0 bridgehead atoms. The highest BCUT2D eigenvalue weighted by molar-refractivity contribution is 9.10. The van der Waals surface area contributed by atoms with E-state index in [1.54, 1.807) is 18.0 Å². The maximum Gasteiger partial charge on any atom is 0.223 e. The van der Waals surface area contributed by atoms with Crippen LogP contribution >= 0.6 is 27.7 Å². The van der Waals surface area contributed by atoms with Gasteiger partial charge >= 0.3 is 0 Å². The first-order valence-electron chi connectivity index (χ1n) is 6.39. The molecule has 3 nitrogen and oxygen atoms in total. The molecule has 2 aromatic rings. The smallest absolute Gasteiger partial charge is 0.223 e. The van der Waals surface area contributed by atoms with Crippen molar-refractivity contribution in [3.05, 3.63) is 40.5 Å². The van der Waals surface area contributed by atoms with Crippen LogP contribution in [0, 0.1) is 0 Å². The zero-order valence-electron chi connectivity index (χ0n) is 12.1. The number of halogens is 1. The van der Waals surface area contributed by atoms with Crippen molar-refractivity contribution in [1.29, 1.82) is 0 Å². The second-order valence-corrected chi connectivity index (χ2v) is 7.39. The highest BCUT2D eigenvalue weighted by Crippen LogP contribution is 2.33. The number of rotatable bonds is 3. The van der Waals surface area contributed by atoms with Crippen molar-refractivity contribution in [2.75, 3.05) is 12.4 Å². The predicted molar refractivity (Wildman–Crippen MR) is 88.5 cm³/mol. The van der Waals surface area contributed by atoms with Crippen LogP contribution in [-0.4, -0.2) is 17.0 Å². The van der Waals surface area contributed by atoms with E-state index in [2.05, 4.69) is 76.3 Å². The summed E-state index contributed by atoms with van der Waals surface area (Å²) >= 11 is 5.11. The molecule has 2 rings (SSSR count). The van der Waals surface area contributed by atoms with Crippen LogP contribution < -0.4 is 5.32 Å². The summed E-state index contributed by atoms with van der Waals surface area (Å²) in [5, 5.41) is 3.86. The molecule has 1 N–H and O–H groups in total. The third kappa shape index (κ3) is 3.73. The average molecular weight is 352 g/mol. The van der Waals surface area contributed by atoms with Crippen molar-refractivity contribution < 1.29 is 0 Å². The predicted octanol–water partition coefficient (Wildman–Crippen LogP) is 4.73. The maximum absolute atomic E-state index is 4.45. The molecular weight excluding hydrogens is 334 g/mol. The van der Waals surface area contributed by atoms with E-state index in [-0.39, 0.29) is 5.41 Å². The second kappa shape index (κ2) is 6.14. The Balaban J connectivity index is 2.22. The van der Waals surface area contributed by atoms with E-state index < -0.39 is 0 Å². The maximum atomic E-state index is 4.45. The van der Waals surface area contributed by atoms with Gasteiger partial charge in [-0.1, -0.05) is 44.7 Å². The Kier molecular flexibility index (Phi) is 4.70. The summed E-state index contributed by atoms with van der Waals surface area (Å²) in [6.07, 6.45) is 1.77. The Labute approximate surface area is 132 Å². The lowest BCUT2D eigenvalue weighted by Gasteiger charge is -2.19. The topological polar surface area (TPSA) is 37.8 Å². The van der Waals surface area contributed by atoms with Crippen LogP contribution in [0.5, 0.6) is 0 Å². The molecule has 0 fully saturated rings. The van der Waals surface area contributed by atoms with E-state index >= 15 is 0 Å². The van der Waals surface area contributed by atoms with Gasteiger partial charge in [0.05, 0.1) is 4.47 Å². The fraction of sp³-hybridized carbons (Fsp3) is 0.333. The van der Waals surface area contributed by atoms with Gasteiger partial charge in [-0.15, -0.1) is 0 Å². The van der Waals surface area contributed by atoms with Crippen LogP contribution in [0.2, 0.25) is 0 Å². The van der Waals surface area contributed by atoms with Gasteiger partial charge in [-0.25, -0.2) is 9.97 Å². The number of hydrogen-bond donors (Lipinski definition) is 1. The Hall–Kier alpha value is -1.07. The molecule has 0 unspecified atom stereocenters. The van der Waals surface area contributed by atoms with Gasteiger partial charge in [0, 0.05) is 18.1 Å². The molecule has 1 aromatic heterocycles. The summed E-state index contributed by atoms with van der Waals surface area (Å²) in [6, 6.07) is 8.63. The van der Waals surface area contributed by atoms with Gasteiger partial charge in [0.2, 0.25) is 5.95 Å². The van der Waals surface area contributed by atoms with Crippen LogP contribution in [-0.2, 0) is 5.41 Å². The molecule has 0 radical (unpaired) electrons. The molecule has 5 heteroatoms. The first-order valence-corrected chi connectivity index (χ1v) is 8.00. The first-order chi connectivity index (χ1) is 9.40. The number of nitrogens with zero attached hydrogens (tertiary/aromatic N) is 2. The van der Waals surface area contributed by atoms with Gasteiger partial charge in [-0.05, 0) is 39.0 Å². The van der Waals surface area contributed by atoms with Crippen LogP contribution in [0.15, 0.2) is 44.9 Å². The molecule has 0 aliphatic rings. The molecule has 0 aliphatic heterocycles. The van der Waals surface area contributed by atoms with Gasteiger partial charge in [-0.3, -0.25) is 0 Å². The summed E-state index contributed by atoms with van der Waals surface area (Å²) in [5.74, 6) is 0.627. The normalized spacial score (nSPS) is 11.4. The van der Waals surface area contributed by atoms with Gasteiger partial charge in [-0.2, -0.15) is 0 Å². The standard InChI is InChI=1S/C15H18BrN3S/c1-15(2,3)10-5-7-11(8-6-10)20-13-12(16)9-18-14(17-4)19-13/h5-9H,1-4H3,(H,17,18,19). The summed E-state index contributed by atoms with van der Waals surface area (Å²) in [4.78, 5) is 9.78. The minimum Gasteiger partial charge on any atom is -0.357 e. The fourth-order valence-electron chi connectivity index (χ4n) is 1.68. The minimum absolute atomic E-state index is 0.179. The molecule has 1 aromatic carbocycles. The zero-order valence-corrected chi connectivity index (χ0v) is 14.5. The first kappa shape index (κ1) is 15.3. The zero-order chi connectivity index (χ0) is 14.8. The van der Waals surface area contributed by atoms with E-state index in [1.807, 2.05) is 7.05 Å². The van der Waals surface area contributed by atoms with Gasteiger partial charge in [0.15, 0.2) is 0 Å². The van der Waals surface area contributed by atoms with Crippen molar-refractivity contribution in [2.24, 2.45) is 0 Å². The molecule has 0 aliphatic carbocycles. The van der Waals surface area contributed by atoms with Gasteiger partial charge in [0.1, 0.15) is 5.03 Å². The monoisotopic (exact) mass is 351 g/mol. The number of aromatic nitrogens is 2. The van der Waals surface area contributed by atoms with Crippen LogP contribution in [0.1, 0.15) is 26.3 Å². The molecule has 0 amide bonds. The van der Waals surface area contributed by atoms with Gasteiger partial charge < -0.3 is 5.32 Å². The Morgan fingerprint density at radius 3 is 2.35 bits per heavy atom. The summed E-state index contributed by atoms with van der Waals surface area (Å²) < 4.78 is 0.904. The number of anilines is 1. The molecule has 20 heavy (non-hydrogen) atoms. The van der Waals surface area contributed by atoms with E-state index in [1.165, 1.54) is 10.5 Å². The van der Waals surface area contributed by atoms with E-state index in [9.17, 15) is 0 Å². The van der Waals surface area contributed by atoms with Crippen LogP contribution in [0.25, 0.3) is 0 Å². The Bertz CT molecular complexity index is 591. The lowest BCUT2D eigenvalue weighted by Crippen LogP contribution is -2.10. The molecule has 0 saturated heterocycles. The lowest BCUT2D eigenvalue weighted by atomic mass is 9.87. The van der Waals surface area contributed by atoms with Crippen molar-refractivity contribution in [1.82, 2.24) is 9.97 Å². The van der Waals surface area contributed by atoms with E-state index in [0.29, 0.717) is 5.95 Å². The number of nitrogens with one attached hydrogen (secondary N) is 1. The highest BCUT2D eigenvalue weighted by Gasteiger charge is 2.13. The molecule has 0 spiro atoms. The lowest BCUT2D eigenvalue weighted by molar-refractivity contribution is 0.590. The van der Waals surface area contributed by atoms with Gasteiger partial charge in [0.25, 0.3) is 0 Å². The average Bonchev–Trinajstić information content (AvgIpc) is 2.41. The van der Waals surface area contributed by atoms with Crippen LogP contribution in [0.3, 0.4) is 0 Å². The van der Waals surface area contributed by atoms with E-state index in [4.69, 9.17) is 0 Å². The van der Waals surface area contributed by atoms with Crippen molar-refractivity contribution in [3.8, 4) is 0 Å². The van der Waals surface area contributed by atoms with Crippen molar-refractivity contribution >= 4 is 33.6 Å². The minimum atomic E-state index is 0.179. The number of benzene rings is 1. The highest BCUT2D eigenvalue weighted by atomic mass is 79.9. The Morgan fingerprint density at radius 1 is 1.15 bits per heavy atom. The summed E-state index contributed by atoms with van der Waals surface area (Å²) in [7, 11) is 1.82. The molecule has 106 valence electrons. The van der Waals surface area contributed by atoms with Crippen LogP contribution in [0.4, 0.5) is 5.95 Å². The van der Waals surface area contributed by atoms with Crippen molar-refractivity contribution in [2.45, 2.75) is 36.1 Å². The molecule has 1 heterocycles.